The summed E-state index contributed by atoms with van der Waals surface area (Å²) in [6.07, 6.45) is 0. The van der Waals surface area contributed by atoms with E-state index < -0.39 is 10.0 Å². The number of nitrogens with two attached hydrogens (primary N) is 1. The molecule has 1 aromatic rings. The van der Waals surface area contributed by atoms with Crippen molar-refractivity contribution in [2.75, 3.05) is 6.54 Å². The van der Waals surface area contributed by atoms with Crippen LogP contribution in [0.4, 0.5) is 0 Å². The van der Waals surface area contributed by atoms with Gasteiger partial charge >= 0.3 is 0 Å². The van der Waals surface area contributed by atoms with Gasteiger partial charge in [-0.1, -0.05) is 29.8 Å². The summed E-state index contributed by atoms with van der Waals surface area (Å²) in [6.45, 7) is 4.15. The summed E-state index contributed by atoms with van der Waals surface area (Å²) in [5.74, 6) is 0.158. The Morgan fingerprint density at radius 2 is 1.82 bits per heavy atom. The van der Waals surface area contributed by atoms with Gasteiger partial charge in [-0.3, -0.25) is 0 Å². The van der Waals surface area contributed by atoms with E-state index in [-0.39, 0.29) is 23.4 Å². The van der Waals surface area contributed by atoms with E-state index in [9.17, 15) is 8.42 Å². The Bertz CT molecular complexity index is 457. The largest absolute Gasteiger partial charge is 0.329 e. The van der Waals surface area contributed by atoms with Crippen LogP contribution in [0.2, 0.25) is 0 Å². The van der Waals surface area contributed by atoms with Gasteiger partial charge in [-0.05, 0) is 30.2 Å². The monoisotopic (exact) mass is 320 g/mol. The number of halogens is 1. The fourth-order valence-corrected chi connectivity index (χ4v) is 3.00. The second-order valence-corrected chi connectivity index (χ2v) is 6.79. The van der Waals surface area contributed by atoms with Crippen LogP contribution in [0.25, 0.3) is 0 Å². The number of hydrogen-bond donors (Lipinski definition) is 2. The Balaban J connectivity index is 2.92. The molecule has 0 radical (unpaired) electrons. The van der Waals surface area contributed by atoms with Crippen molar-refractivity contribution in [3.63, 3.8) is 0 Å². The smallest absolute Gasteiger partial charge is 0.240 e. The summed E-state index contributed by atoms with van der Waals surface area (Å²) in [7, 11) is -3.48. The number of benzene rings is 1. The lowest BCUT2D eigenvalue weighted by Gasteiger charge is -2.20. The van der Waals surface area contributed by atoms with Gasteiger partial charge in [0.1, 0.15) is 0 Å². The molecule has 0 amide bonds. The molecule has 0 aromatic heterocycles. The van der Waals surface area contributed by atoms with Crippen LogP contribution in [-0.2, 0) is 10.0 Å². The molecule has 6 heteroatoms. The molecule has 1 rings (SSSR count). The fourth-order valence-electron chi connectivity index (χ4n) is 1.34. The molecule has 0 aliphatic heterocycles. The molecular weight excluding hydrogens is 304 g/mol. The topological polar surface area (TPSA) is 72.2 Å². The highest BCUT2D eigenvalue weighted by molar-refractivity contribution is 9.10. The first kappa shape index (κ1) is 14.6. The van der Waals surface area contributed by atoms with Crippen LogP contribution in [0.3, 0.4) is 0 Å². The first-order chi connectivity index (χ1) is 7.86. The van der Waals surface area contributed by atoms with Crippen molar-refractivity contribution in [2.24, 2.45) is 11.7 Å². The first-order valence-corrected chi connectivity index (χ1v) is 7.62. The van der Waals surface area contributed by atoms with E-state index >= 15 is 0 Å². The van der Waals surface area contributed by atoms with E-state index in [1.165, 1.54) is 0 Å². The van der Waals surface area contributed by atoms with E-state index in [1.807, 2.05) is 13.8 Å². The highest BCUT2D eigenvalue weighted by Gasteiger charge is 2.21. The third-order valence-corrected chi connectivity index (χ3v) is 4.52. The maximum Gasteiger partial charge on any atom is 0.240 e. The lowest BCUT2D eigenvalue weighted by molar-refractivity contribution is 0.455. The molecule has 0 spiro atoms. The van der Waals surface area contributed by atoms with Crippen LogP contribution in [0.5, 0.6) is 0 Å². The highest BCUT2D eigenvalue weighted by atomic mass is 79.9. The molecule has 0 aliphatic rings. The predicted octanol–water partition coefficient (Wildman–Crippen LogP) is 1.71. The van der Waals surface area contributed by atoms with E-state index in [4.69, 9.17) is 5.73 Å². The molecule has 96 valence electrons. The molecule has 0 fully saturated rings. The third-order valence-electron chi connectivity index (χ3n) is 2.49. The second-order valence-electron chi connectivity index (χ2n) is 4.16. The Hall–Kier alpha value is -0.430. The third kappa shape index (κ3) is 4.06. The number of nitrogens with one attached hydrogen (secondary N) is 1. The minimum Gasteiger partial charge on any atom is -0.329 e. The van der Waals surface area contributed by atoms with Crippen molar-refractivity contribution >= 4 is 26.0 Å². The second kappa shape index (κ2) is 5.95. The minimum absolute atomic E-state index is 0.158. The number of sulfonamides is 1. The van der Waals surface area contributed by atoms with Gasteiger partial charge in [-0.2, -0.15) is 0 Å². The molecule has 17 heavy (non-hydrogen) atoms. The average Bonchev–Trinajstić information content (AvgIpc) is 2.26. The Labute approximate surface area is 111 Å². The normalized spacial score (nSPS) is 13.9. The van der Waals surface area contributed by atoms with Gasteiger partial charge in [0.15, 0.2) is 0 Å². The van der Waals surface area contributed by atoms with Crippen LogP contribution >= 0.6 is 15.9 Å². The van der Waals surface area contributed by atoms with Crippen LogP contribution in [0, 0.1) is 5.92 Å². The van der Waals surface area contributed by atoms with Crippen molar-refractivity contribution in [3.8, 4) is 0 Å². The number of rotatable bonds is 5. The summed E-state index contributed by atoms with van der Waals surface area (Å²) in [5, 5.41) is 0. The zero-order valence-corrected chi connectivity index (χ0v) is 12.3. The molecule has 1 aromatic carbocycles. The van der Waals surface area contributed by atoms with E-state index in [2.05, 4.69) is 20.7 Å². The summed E-state index contributed by atoms with van der Waals surface area (Å²) in [4.78, 5) is 0.250. The van der Waals surface area contributed by atoms with E-state index in [0.717, 1.165) is 4.47 Å². The lowest BCUT2D eigenvalue weighted by Crippen LogP contribution is -2.43. The van der Waals surface area contributed by atoms with Crippen molar-refractivity contribution in [1.29, 1.82) is 0 Å². The van der Waals surface area contributed by atoms with Gasteiger partial charge in [-0.25, -0.2) is 13.1 Å². The summed E-state index contributed by atoms with van der Waals surface area (Å²) in [5.41, 5.74) is 5.55. The van der Waals surface area contributed by atoms with Crippen LogP contribution < -0.4 is 10.5 Å². The van der Waals surface area contributed by atoms with Gasteiger partial charge in [0.25, 0.3) is 0 Å². The summed E-state index contributed by atoms with van der Waals surface area (Å²) >= 11 is 3.26. The Morgan fingerprint density at radius 1 is 1.29 bits per heavy atom. The van der Waals surface area contributed by atoms with Crippen molar-refractivity contribution in [2.45, 2.75) is 24.8 Å². The van der Waals surface area contributed by atoms with Gasteiger partial charge in [0.2, 0.25) is 10.0 Å². The molecule has 0 saturated carbocycles. The van der Waals surface area contributed by atoms with E-state index in [1.54, 1.807) is 24.3 Å². The van der Waals surface area contributed by atoms with Crippen molar-refractivity contribution < 1.29 is 8.42 Å². The molecular formula is C11H17BrN2O2S. The van der Waals surface area contributed by atoms with Crippen molar-refractivity contribution in [3.05, 3.63) is 28.7 Å². The summed E-state index contributed by atoms with van der Waals surface area (Å²) in [6, 6.07) is 6.26. The fraction of sp³-hybridized carbons (Fsp3) is 0.455. The summed E-state index contributed by atoms with van der Waals surface area (Å²) < 4.78 is 27.5. The number of hydrogen-bond acceptors (Lipinski definition) is 3. The quantitative estimate of drug-likeness (QED) is 0.867. The maximum atomic E-state index is 12.0. The first-order valence-electron chi connectivity index (χ1n) is 5.35. The average molecular weight is 321 g/mol. The van der Waals surface area contributed by atoms with Gasteiger partial charge in [0, 0.05) is 17.1 Å². The molecule has 0 aliphatic carbocycles. The molecule has 1 unspecified atom stereocenters. The standard InChI is InChI=1S/C11H17BrN2O2S/c1-8(2)11(7-13)14-17(15,16)10-5-3-9(12)4-6-10/h3-6,8,11,14H,7,13H2,1-2H3. The Kier molecular flexibility index (Phi) is 5.12. The highest BCUT2D eigenvalue weighted by Crippen LogP contribution is 2.15. The van der Waals surface area contributed by atoms with Gasteiger partial charge in [-0.15, -0.1) is 0 Å². The zero-order chi connectivity index (χ0) is 13.1. The Morgan fingerprint density at radius 3 is 2.24 bits per heavy atom. The maximum absolute atomic E-state index is 12.0. The molecule has 0 bridgehead atoms. The van der Waals surface area contributed by atoms with Gasteiger partial charge in [0.05, 0.1) is 4.90 Å². The van der Waals surface area contributed by atoms with E-state index in [0.29, 0.717) is 0 Å². The van der Waals surface area contributed by atoms with Crippen LogP contribution in [0.15, 0.2) is 33.6 Å². The predicted molar refractivity (Wildman–Crippen MR) is 72.1 cm³/mol. The lowest BCUT2D eigenvalue weighted by atomic mass is 10.1. The van der Waals surface area contributed by atoms with Crippen molar-refractivity contribution in [1.82, 2.24) is 4.72 Å². The molecule has 4 nitrogen and oxygen atoms in total. The molecule has 1 atom stereocenters. The minimum atomic E-state index is -3.48. The SMILES string of the molecule is CC(C)C(CN)NS(=O)(=O)c1ccc(Br)cc1. The molecule has 0 heterocycles. The zero-order valence-electron chi connectivity index (χ0n) is 9.85. The molecule has 0 saturated heterocycles. The van der Waals surface area contributed by atoms with Gasteiger partial charge < -0.3 is 5.73 Å². The molecule has 3 N–H and O–H groups in total. The van der Waals surface area contributed by atoms with Crippen LogP contribution in [0.1, 0.15) is 13.8 Å². The van der Waals surface area contributed by atoms with Crippen LogP contribution in [-0.4, -0.2) is 21.0 Å².